The Morgan fingerprint density at radius 2 is 2.33 bits per heavy atom. The summed E-state index contributed by atoms with van der Waals surface area (Å²) in [7, 11) is 0. The second-order valence-corrected chi connectivity index (χ2v) is 2.96. The predicted molar refractivity (Wildman–Crippen MR) is 54.4 cm³/mol. The lowest BCUT2D eigenvalue weighted by Crippen LogP contribution is -2.11. The Labute approximate surface area is 86.5 Å². The number of carbonyl (C=O) groups is 1. The van der Waals surface area contributed by atoms with Crippen molar-refractivity contribution < 1.29 is 9.72 Å². The quantitative estimate of drug-likeness (QED) is 0.604. The van der Waals surface area contributed by atoms with E-state index in [1.54, 1.807) is 0 Å². The van der Waals surface area contributed by atoms with Crippen molar-refractivity contribution in [1.29, 1.82) is 0 Å². The van der Waals surface area contributed by atoms with Gasteiger partial charge in [0.2, 0.25) is 5.91 Å². The molecule has 0 saturated heterocycles. The fourth-order valence-corrected chi connectivity index (χ4v) is 1.00. The Kier molecular flexibility index (Phi) is 3.73. The van der Waals surface area contributed by atoms with Crippen LogP contribution in [0.5, 0.6) is 0 Å². The largest absolute Gasteiger partial charge is 0.311 e. The molecule has 1 amide bonds. The molecule has 0 spiro atoms. The van der Waals surface area contributed by atoms with Crippen LogP contribution in [0, 0.1) is 10.1 Å². The second-order valence-electron chi connectivity index (χ2n) is 2.96. The van der Waals surface area contributed by atoms with E-state index in [0.717, 1.165) is 12.6 Å². The van der Waals surface area contributed by atoms with E-state index in [4.69, 9.17) is 0 Å². The summed E-state index contributed by atoms with van der Waals surface area (Å²) in [4.78, 5) is 24.7. The molecule has 0 fully saturated rings. The minimum absolute atomic E-state index is 0.0940. The first-order valence-electron chi connectivity index (χ1n) is 4.53. The van der Waals surface area contributed by atoms with Crippen molar-refractivity contribution in [2.24, 2.45) is 0 Å². The lowest BCUT2D eigenvalue weighted by Gasteiger charge is -2.01. The zero-order valence-corrected chi connectivity index (χ0v) is 8.27. The van der Waals surface area contributed by atoms with Gasteiger partial charge in [0.25, 0.3) is 5.69 Å². The number of nitrogens with zero attached hydrogens (tertiary/aromatic N) is 2. The molecule has 0 unspecified atom stereocenters. The van der Waals surface area contributed by atoms with Crippen molar-refractivity contribution in [3.8, 4) is 0 Å². The van der Waals surface area contributed by atoms with E-state index in [0.29, 0.717) is 12.2 Å². The maximum atomic E-state index is 11.1. The van der Waals surface area contributed by atoms with E-state index in [-0.39, 0.29) is 11.6 Å². The first-order valence-corrected chi connectivity index (χ1v) is 4.53. The van der Waals surface area contributed by atoms with Gasteiger partial charge >= 0.3 is 0 Å². The molecule has 1 heterocycles. The monoisotopic (exact) mass is 209 g/mol. The van der Waals surface area contributed by atoms with Crippen LogP contribution in [-0.2, 0) is 4.79 Å². The molecule has 1 aromatic rings. The first kappa shape index (κ1) is 11.1. The van der Waals surface area contributed by atoms with Crippen LogP contribution < -0.4 is 5.32 Å². The minimum atomic E-state index is -0.537. The number of pyridine rings is 1. The first-order chi connectivity index (χ1) is 7.13. The summed E-state index contributed by atoms with van der Waals surface area (Å²) in [6, 6.07) is 2.71. The number of carbonyl (C=O) groups excluding carboxylic acids is 1. The van der Waals surface area contributed by atoms with Gasteiger partial charge in [-0.15, -0.1) is 0 Å². The molecular formula is C9H11N3O3. The molecule has 15 heavy (non-hydrogen) atoms. The average Bonchev–Trinajstić information content (AvgIpc) is 2.18. The Bertz CT molecular complexity index is 361. The smallest absolute Gasteiger partial charge is 0.287 e. The van der Waals surface area contributed by atoms with Gasteiger partial charge in [0.15, 0.2) is 0 Å². The molecule has 6 nitrogen and oxygen atoms in total. The molecule has 0 aliphatic rings. The van der Waals surface area contributed by atoms with Gasteiger partial charge in [0.1, 0.15) is 12.0 Å². The Morgan fingerprint density at radius 3 is 2.80 bits per heavy atom. The number of hydrogen-bond acceptors (Lipinski definition) is 4. The van der Waals surface area contributed by atoms with Gasteiger partial charge in [-0.2, -0.15) is 0 Å². The maximum absolute atomic E-state index is 11.1. The van der Waals surface area contributed by atoms with Gasteiger partial charge in [-0.1, -0.05) is 6.92 Å². The highest BCUT2D eigenvalue weighted by atomic mass is 16.6. The molecule has 0 saturated carbocycles. The third kappa shape index (κ3) is 3.34. The highest BCUT2D eigenvalue weighted by Gasteiger charge is 2.06. The Morgan fingerprint density at radius 1 is 1.60 bits per heavy atom. The van der Waals surface area contributed by atoms with Crippen molar-refractivity contribution in [2.45, 2.75) is 19.8 Å². The minimum Gasteiger partial charge on any atom is -0.311 e. The van der Waals surface area contributed by atoms with E-state index in [9.17, 15) is 14.9 Å². The molecule has 1 aromatic heterocycles. The fraction of sp³-hybridized carbons (Fsp3) is 0.333. The van der Waals surface area contributed by atoms with Crippen LogP contribution in [-0.4, -0.2) is 15.8 Å². The highest BCUT2D eigenvalue weighted by molar-refractivity contribution is 5.89. The van der Waals surface area contributed by atoms with Crippen LogP contribution >= 0.6 is 0 Å². The molecule has 1 N–H and O–H groups in total. The van der Waals surface area contributed by atoms with Gasteiger partial charge in [-0.3, -0.25) is 14.9 Å². The molecule has 0 radical (unpaired) electrons. The van der Waals surface area contributed by atoms with Gasteiger partial charge in [-0.05, 0) is 12.5 Å². The number of anilines is 1. The Balaban J connectivity index is 2.64. The van der Waals surface area contributed by atoms with Crippen molar-refractivity contribution in [3.63, 3.8) is 0 Å². The SMILES string of the molecule is CCCC(=O)Nc1ccc([N+](=O)[O-])cn1. The van der Waals surface area contributed by atoms with E-state index in [1.807, 2.05) is 6.92 Å². The summed E-state index contributed by atoms with van der Waals surface area (Å²) in [6.45, 7) is 1.89. The summed E-state index contributed by atoms with van der Waals surface area (Å²) < 4.78 is 0. The molecule has 6 heteroatoms. The van der Waals surface area contributed by atoms with E-state index < -0.39 is 4.92 Å². The van der Waals surface area contributed by atoms with Crippen molar-refractivity contribution >= 4 is 17.4 Å². The molecule has 0 bridgehead atoms. The summed E-state index contributed by atoms with van der Waals surface area (Å²) in [5.41, 5.74) is -0.0940. The van der Waals surface area contributed by atoms with Gasteiger partial charge < -0.3 is 5.32 Å². The zero-order valence-electron chi connectivity index (χ0n) is 8.27. The van der Waals surface area contributed by atoms with Crippen LogP contribution in [0.15, 0.2) is 18.3 Å². The van der Waals surface area contributed by atoms with Crippen LogP contribution in [0.25, 0.3) is 0 Å². The number of nitro groups is 1. The molecule has 0 aliphatic heterocycles. The third-order valence-corrected chi connectivity index (χ3v) is 1.70. The normalized spacial score (nSPS) is 9.67. The van der Waals surface area contributed by atoms with Crippen molar-refractivity contribution in [1.82, 2.24) is 4.98 Å². The fourth-order valence-electron chi connectivity index (χ4n) is 1.00. The number of amides is 1. The molecule has 0 atom stereocenters. The van der Waals surface area contributed by atoms with Crippen molar-refractivity contribution in [3.05, 3.63) is 28.4 Å². The highest BCUT2D eigenvalue weighted by Crippen LogP contribution is 2.11. The van der Waals surface area contributed by atoms with Gasteiger partial charge in [0, 0.05) is 12.5 Å². The van der Waals surface area contributed by atoms with Crippen LogP contribution in [0.3, 0.4) is 0 Å². The maximum Gasteiger partial charge on any atom is 0.287 e. The second kappa shape index (κ2) is 5.04. The number of aromatic nitrogens is 1. The van der Waals surface area contributed by atoms with Crippen LogP contribution in [0.4, 0.5) is 11.5 Å². The number of rotatable bonds is 4. The summed E-state index contributed by atoms with van der Waals surface area (Å²) >= 11 is 0. The van der Waals surface area contributed by atoms with Gasteiger partial charge in [0.05, 0.1) is 4.92 Å². The van der Waals surface area contributed by atoms with Crippen molar-refractivity contribution in [2.75, 3.05) is 5.32 Å². The average molecular weight is 209 g/mol. The van der Waals surface area contributed by atoms with E-state index in [1.165, 1.54) is 12.1 Å². The topological polar surface area (TPSA) is 85.1 Å². The molecule has 1 rings (SSSR count). The number of nitrogens with one attached hydrogen (secondary N) is 1. The molecule has 0 aromatic carbocycles. The standard InChI is InChI=1S/C9H11N3O3/c1-2-3-9(13)11-8-5-4-7(6-10-8)12(14)15/h4-6H,2-3H2,1H3,(H,10,11,13). The van der Waals surface area contributed by atoms with Gasteiger partial charge in [-0.25, -0.2) is 4.98 Å². The van der Waals surface area contributed by atoms with E-state index in [2.05, 4.69) is 10.3 Å². The van der Waals surface area contributed by atoms with Crippen LogP contribution in [0.1, 0.15) is 19.8 Å². The zero-order chi connectivity index (χ0) is 11.3. The molecule has 0 aliphatic carbocycles. The Hall–Kier alpha value is -1.98. The summed E-state index contributed by atoms with van der Waals surface area (Å²) in [5.74, 6) is 0.193. The van der Waals surface area contributed by atoms with Crippen LogP contribution in [0.2, 0.25) is 0 Å². The lowest BCUT2D eigenvalue weighted by molar-refractivity contribution is -0.385. The molecular weight excluding hydrogens is 198 g/mol. The van der Waals surface area contributed by atoms with E-state index >= 15 is 0 Å². The molecule has 80 valence electrons. The number of hydrogen-bond donors (Lipinski definition) is 1. The summed E-state index contributed by atoms with van der Waals surface area (Å²) in [6.07, 6.45) is 2.28. The predicted octanol–water partition coefficient (Wildman–Crippen LogP) is 1.73. The summed E-state index contributed by atoms with van der Waals surface area (Å²) in [5, 5.41) is 12.9. The lowest BCUT2D eigenvalue weighted by atomic mass is 10.3. The third-order valence-electron chi connectivity index (χ3n) is 1.70.